The number of halogens is 2. The first-order valence-electron chi connectivity index (χ1n) is 4.62. The number of nitrogens with zero attached hydrogens (tertiary/aromatic N) is 1. The van der Waals surface area contributed by atoms with Crippen molar-refractivity contribution in [2.45, 2.75) is 38.7 Å². The van der Waals surface area contributed by atoms with Gasteiger partial charge < -0.3 is 5.32 Å². The SMILES string of the molecule is CC(F)(F)CCN=C1NC(C)(C)CS1. The molecule has 1 rings (SSSR count). The minimum absolute atomic E-state index is 0.0399. The van der Waals surface area contributed by atoms with Gasteiger partial charge in [-0.3, -0.25) is 4.99 Å². The minimum atomic E-state index is -2.61. The number of hydrogen-bond donors (Lipinski definition) is 1. The third-order valence-electron chi connectivity index (χ3n) is 1.82. The van der Waals surface area contributed by atoms with Crippen LogP contribution >= 0.6 is 11.8 Å². The van der Waals surface area contributed by atoms with E-state index in [0.29, 0.717) is 0 Å². The molecule has 0 aliphatic carbocycles. The lowest BCUT2D eigenvalue weighted by Gasteiger charge is -2.15. The van der Waals surface area contributed by atoms with E-state index < -0.39 is 5.92 Å². The molecular formula is C9H16F2N2S. The van der Waals surface area contributed by atoms with Crippen molar-refractivity contribution in [1.29, 1.82) is 0 Å². The first-order chi connectivity index (χ1) is 6.29. The molecule has 1 fully saturated rings. The van der Waals surface area contributed by atoms with Crippen LogP contribution in [-0.4, -0.2) is 28.9 Å². The molecule has 1 N–H and O–H groups in total. The van der Waals surface area contributed by atoms with Gasteiger partial charge in [-0.25, -0.2) is 8.78 Å². The third-order valence-corrected chi connectivity index (χ3v) is 3.19. The zero-order valence-corrected chi connectivity index (χ0v) is 9.55. The van der Waals surface area contributed by atoms with Gasteiger partial charge in [0.1, 0.15) is 0 Å². The molecule has 0 spiro atoms. The molecule has 5 heteroatoms. The van der Waals surface area contributed by atoms with E-state index in [1.165, 1.54) is 0 Å². The molecule has 82 valence electrons. The van der Waals surface area contributed by atoms with E-state index in [1.54, 1.807) is 11.8 Å². The van der Waals surface area contributed by atoms with Gasteiger partial charge >= 0.3 is 0 Å². The second kappa shape index (κ2) is 4.04. The summed E-state index contributed by atoms with van der Waals surface area (Å²) < 4.78 is 24.9. The molecule has 14 heavy (non-hydrogen) atoms. The van der Waals surface area contributed by atoms with E-state index in [4.69, 9.17) is 0 Å². The molecule has 0 aromatic carbocycles. The van der Waals surface area contributed by atoms with Crippen molar-refractivity contribution < 1.29 is 8.78 Å². The zero-order valence-electron chi connectivity index (χ0n) is 8.73. The Morgan fingerprint density at radius 1 is 1.57 bits per heavy atom. The van der Waals surface area contributed by atoms with Crippen molar-refractivity contribution in [2.24, 2.45) is 4.99 Å². The predicted octanol–water partition coefficient (Wildman–Crippen LogP) is 2.50. The number of nitrogens with one attached hydrogen (secondary N) is 1. The maximum atomic E-state index is 12.5. The fraction of sp³-hybridized carbons (Fsp3) is 0.889. The lowest BCUT2D eigenvalue weighted by Crippen LogP contribution is -2.37. The molecule has 0 amide bonds. The van der Waals surface area contributed by atoms with Gasteiger partial charge in [0.15, 0.2) is 5.17 Å². The molecule has 0 radical (unpaired) electrons. The highest BCUT2D eigenvalue weighted by molar-refractivity contribution is 8.14. The van der Waals surface area contributed by atoms with Crippen LogP contribution in [0.25, 0.3) is 0 Å². The molecule has 0 aromatic heterocycles. The number of aliphatic imine (C=N–C) groups is 1. The Morgan fingerprint density at radius 3 is 2.64 bits per heavy atom. The van der Waals surface area contributed by atoms with Crippen LogP contribution in [0.2, 0.25) is 0 Å². The molecule has 2 nitrogen and oxygen atoms in total. The summed E-state index contributed by atoms with van der Waals surface area (Å²) in [6, 6.07) is 0. The second-order valence-electron chi connectivity index (χ2n) is 4.30. The van der Waals surface area contributed by atoms with E-state index >= 15 is 0 Å². The van der Waals surface area contributed by atoms with Crippen LogP contribution in [0, 0.1) is 0 Å². The summed E-state index contributed by atoms with van der Waals surface area (Å²) in [5, 5.41) is 3.98. The van der Waals surface area contributed by atoms with Crippen LogP contribution in [0.5, 0.6) is 0 Å². The Balaban J connectivity index is 2.34. The van der Waals surface area contributed by atoms with Crippen LogP contribution < -0.4 is 5.32 Å². The average Bonchev–Trinajstić information content (AvgIpc) is 2.27. The zero-order chi connectivity index (χ0) is 10.8. The molecule has 1 aliphatic heterocycles. The van der Waals surface area contributed by atoms with Crippen molar-refractivity contribution in [1.82, 2.24) is 5.32 Å². The largest absolute Gasteiger partial charge is 0.359 e. The van der Waals surface area contributed by atoms with Gasteiger partial charge in [-0.15, -0.1) is 0 Å². The molecule has 0 atom stereocenters. The van der Waals surface area contributed by atoms with Gasteiger partial charge in [0.25, 0.3) is 0 Å². The Labute approximate surface area is 87.6 Å². The number of rotatable bonds is 3. The summed E-state index contributed by atoms with van der Waals surface area (Å²) in [6.07, 6.45) is -0.181. The fourth-order valence-electron chi connectivity index (χ4n) is 1.05. The smallest absolute Gasteiger partial charge is 0.247 e. The number of amidine groups is 1. The van der Waals surface area contributed by atoms with E-state index in [-0.39, 0.29) is 18.5 Å². The van der Waals surface area contributed by atoms with Crippen molar-refractivity contribution in [3.8, 4) is 0 Å². The van der Waals surface area contributed by atoms with Crippen molar-refractivity contribution >= 4 is 16.9 Å². The van der Waals surface area contributed by atoms with Gasteiger partial charge in [-0.2, -0.15) is 0 Å². The first kappa shape index (κ1) is 11.8. The topological polar surface area (TPSA) is 24.4 Å². The van der Waals surface area contributed by atoms with Gasteiger partial charge in [-0.1, -0.05) is 11.8 Å². The third kappa shape index (κ3) is 4.26. The summed E-state index contributed by atoms with van der Waals surface area (Å²) in [5.74, 6) is -1.67. The number of thioether (sulfide) groups is 1. The van der Waals surface area contributed by atoms with Crippen LogP contribution in [0.4, 0.5) is 8.78 Å². The second-order valence-corrected chi connectivity index (χ2v) is 5.27. The van der Waals surface area contributed by atoms with E-state index in [9.17, 15) is 8.78 Å². The molecule has 0 unspecified atom stereocenters. The summed E-state index contributed by atoms with van der Waals surface area (Å²) >= 11 is 1.59. The summed E-state index contributed by atoms with van der Waals surface area (Å²) in [5.41, 5.74) is 0.0399. The standard InChI is InChI=1S/C9H16F2N2S/c1-8(2)6-14-7(13-8)12-5-4-9(3,10)11/h4-6H2,1-3H3,(H,12,13). The highest BCUT2D eigenvalue weighted by Gasteiger charge is 2.27. The average molecular weight is 222 g/mol. The minimum Gasteiger partial charge on any atom is -0.359 e. The lowest BCUT2D eigenvalue weighted by atomic mass is 10.1. The van der Waals surface area contributed by atoms with Crippen LogP contribution in [0.15, 0.2) is 4.99 Å². The highest BCUT2D eigenvalue weighted by Crippen LogP contribution is 2.23. The van der Waals surface area contributed by atoms with Crippen molar-refractivity contribution in [3.63, 3.8) is 0 Å². The van der Waals surface area contributed by atoms with Crippen LogP contribution in [0.3, 0.4) is 0 Å². The Kier molecular flexibility index (Phi) is 3.40. The number of hydrogen-bond acceptors (Lipinski definition) is 2. The molecule has 0 bridgehead atoms. The maximum absolute atomic E-state index is 12.5. The molecule has 1 saturated heterocycles. The highest BCUT2D eigenvalue weighted by atomic mass is 32.2. The van der Waals surface area contributed by atoms with Gasteiger partial charge in [-0.05, 0) is 20.8 Å². The van der Waals surface area contributed by atoms with E-state index in [0.717, 1.165) is 17.8 Å². The van der Waals surface area contributed by atoms with Crippen molar-refractivity contribution in [3.05, 3.63) is 0 Å². The normalized spacial score (nSPS) is 23.9. The fourth-order valence-corrected chi connectivity index (χ4v) is 2.15. The molecule has 0 aromatic rings. The monoisotopic (exact) mass is 222 g/mol. The van der Waals surface area contributed by atoms with Gasteiger partial charge in [0, 0.05) is 24.3 Å². The Bertz CT molecular complexity index is 233. The Hall–Kier alpha value is -0.320. The van der Waals surface area contributed by atoms with Gasteiger partial charge in [0.05, 0.1) is 0 Å². The van der Waals surface area contributed by atoms with Crippen LogP contribution in [0.1, 0.15) is 27.2 Å². The summed E-state index contributed by atoms with van der Waals surface area (Å²) in [7, 11) is 0. The van der Waals surface area contributed by atoms with Crippen LogP contribution in [-0.2, 0) is 0 Å². The predicted molar refractivity (Wildman–Crippen MR) is 57.2 cm³/mol. The van der Waals surface area contributed by atoms with E-state index in [1.807, 2.05) is 0 Å². The molecule has 1 aliphatic rings. The number of alkyl halides is 2. The van der Waals surface area contributed by atoms with Gasteiger partial charge in [0.2, 0.25) is 5.92 Å². The van der Waals surface area contributed by atoms with E-state index in [2.05, 4.69) is 24.2 Å². The first-order valence-corrected chi connectivity index (χ1v) is 5.60. The Morgan fingerprint density at radius 2 is 2.21 bits per heavy atom. The molecule has 1 heterocycles. The molecular weight excluding hydrogens is 206 g/mol. The quantitative estimate of drug-likeness (QED) is 0.793. The lowest BCUT2D eigenvalue weighted by molar-refractivity contribution is 0.0158. The molecule has 0 saturated carbocycles. The van der Waals surface area contributed by atoms with Crippen molar-refractivity contribution in [2.75, 3.05) is 12.3 Å². The summed E-state index contributed by atoms with van der Waals surface area (Å²) in [6.45, 7) is 5.25. The summed E-state index contributed by atoms with van der Waals surface area (Å²) in [4.78, 5) is 4.09. The maximum Gasteiger partial charge on any atom is 0.247 e.